The van der Waals surface area contributed by atoms with E-state index < -0.39 is 11.4 Å². The largest absolute Gasteiger partial charge is 0.493 e. The molecule has 3 rings (SSSR count). The van der Waals surface area contributed by atoms with Crippen LogP contribution < -0.4 is 9.47 Å². The Labute approximate surface area is 162 Å². The first-order chi connectivity index (χ1) is 13.1. The molecule has 0 aliphatic heterocycles. The Hall–Kier alpha value is -2.04. The lowest BCUT2D eigenvalue weighted by Crippen LogP contribution is -2.35. The van der Waals surface area contributed by atoms with E-state index >= 15 is 0 Å². The van der Waals surface area contributed by atoms with Crippen LogP contribution in [0.2, 0.25) is 0 Å². The fourth-order valence-corrected chi connectivity index (χ4v) is 4.16. The molecule has 0 aromatic heterocycles. The van der Waals surface area contributed by atoms with Gasteiger partial charge in [-0.25, -0.2) is 0 Å². The highest BCUT2D eigenvalue weighted by atomic mass is 16.5. The number of carboxylic acids is 1. The van der Waals surface area contributed by atoms with Gasteiger partial charge in [0.05, 0.1) is 19.1 Å². The highest BCUT2D eigenvalue weighted by Gasteiger charge is 2.38. The van der Waals surface area contributed by atoms with E-state index in [4.69, 9.17) is 14.9 Å². The summed E-state index contributed by atoms with van der Waals surface area (Å²) in [6.45, 7) is 4.00. The highest BCUT2D eigenvalue weighted by molar-refractivity contribution is 5.74. The standard InChI is InChI=1S/C20H27NO4.C2H6/c1-24-17-7-6-15(12-18(17)25-16-4-2-3-5-16)20(13-21)10-8-14(9-11-20)19(22)23;1-2/h6-7,12-14,16,21H,2-5,8-11H2,1H3,(H,22,23);1-2H3. The van der Waals surface area contributed by atoms with Gasteiger partial charge in [-0.15, -0.1) is 0 Å². The van der Waals surface area contributed by atoms with E-state index in [1.54, 1.807) is 7.11 Å². The zero-order valence-electron chi connectivity index (χ0n) is 16.8. The zero-order chi connectivity index (χ0) is 19.9. The number of benzene rings is 1. The molecule has 0 radical (unpaired) electrons. The molecule has 0 atom stereocenters. The van der Waals surface area contributed by atoms with E-state index in [1.165, 1.54) is 19.1 Å². The second-order valence-electron chi connectivity index (χ2n) is 7.30. The molecule has 2 aliphatic rings. The van der Waals surface area contributed by atoms with Crippen molar-refractivity contribution < 1.29 is 19.4 Å². The van der Waals surface area contributed by atoms with Gasteiger partial charge in [0, 0.05) is 11.6 Å². The molecule has 0 heterocycles. The normalized spacial score (nSPS) is 25.2. The van der Waals surface area contributed by atoms with Gasteiger partial charge in [-0.3, -0.25) is 4.79 Å². The molecule has 5 nitrogen and oxygen atoms in total. The number of methoxy groups -OCH3 is 1. The van der Waals surface area contributed by atoms with Gasteiger partial charge in [-0.05, 0) is 69.1 Å². The van der Waals surface area contributed by atoms with Crippen LogP contribution in [0.1, 0.15) is 70.8 Å². The number of nitrogens with one attached hydrogen (secondary N) is 1. The minimum Gasteiger partial charge on any atom is -0.493 e. The van der Waals surface area contributed by atoms with Crippen molar-refractivity contribution in [2.24, 2.45) is 5.92 Å². The van der Waals surface area contributed by atoms with Crippen LogP contribution in [0.15, 0.2) is 18.2 Å². The van der Waals surface area contributed by atoms with E-state index in [1.807, 2.05) is 32.0 Å². The van der Waals surface area contributed by atoms with E-state index in [0.29, 0.717) is 25.7 Å². The molecular formula is C22H33NO4. The summed E-state index contributed by atoms with van der Waals surface area (Å²) in [5, 5.41) is 17.2. The second-order valence-corrected chi connectivity index (χ2v) is 7.30. The molecule has 150 valence electrons. The van der Waals surface area contributed by atoms with Crippen molar-refractivity contribution in [1.82, 2.24) is 0 Å². The number of rotatable bonds is 6. The molecule has 2 N–H and O–H groups in total. The van der Waals surface area contributed by atoms with Gasteiger partial charge in [0.1, 0.15) is 0 Å². The lowest BCUT2D eigenvalue weighted by molar-refractivity contribution is -0.143. The Bertz CT molecular complexity index is 629. The molecule has 0 bridgehead atoms. The number of ether oxygens (including phenoxy) is 2. The Kier molecular flexibility index (Phi) is 7.69. The van der Waals surface area contributed by atoms with Crippen molar-refractivity contribution in [3.05, 3.63) is 23.8 Å². The van der Waals surface area contributed by atoms with E-state index in [9.17, 15) is 9.90 Å². The Balaban J connectivity index is 0.00000126. The quantitative estimate of drug-likeness (QED) is 0.669. The summed E-state index contributed by atoms with van der Waals surface area (Å²) in [6, 6.07) is 5.91. The molecule has 0 saturated heterocycles. The van der Waals surface area contributed by atoms with E-state index in [0.717, 1.165) is 29.9 Å². The topological polar surface area (TPSA) is 79.6 Å². The average molecular weight is 376 g/mol. The summed E-state index contributed by atoms with van der Waals surface area (Å²) < 4.78 is 11.6. The van der Waals surface area contributed by atoms with Crippen molar-refractivity contribution in [3.63, 3.8) is 0 Å². The maximum absolute atomic E-state index is 11.2. The van der Waals surface area contributed by atoms with Crippen LogP contribution in [0.4, 0.5) is 0 Å². The first-order valence-corrected chi connectivity index (χ1v) is 10.2. The third kappa shape index (κ3) is 4.82. The molecule has 0 spiro atoms. The van der Waals surface area contributed by atoms with Crippen molar-refractivity contribution in [2.75, 3.05) is 7.11 Å². The van der Waals surface area contributed by atoms with Gasteiger partial charge < -0.3 is 20.0 Å². The van der Waals surface area contributed by atoms with Gasteiger partial charge >= 0.3 is 5.97 Å². The van der Waals surface area contributed by atoms with Crippen molar-refractivity contribution in [1.29, 1.82) is 5.41 Å². The minimum atomic E-state index is -0.724. The molecule has 2 aliphatic carbocycles. The van der Waals surface area contributed by atoms with Gasteiger partial charge in [0.25, 0.3) is 0 Å². The van der Waals surface area contributed by atoms with Crippen LogP contribution in [0.5, 0.6) is 11.5 Å². The third-order valence-corrected chi connectivity index (χ3v) is 5.84. The summed E-state index contributed by atoms with van der Waals surface area (Å²) in [5.74, 6) is 0.447. The highest BCUT2D eigenvalue weighted by Crippen LogP contribution is 2.43. The predicted molar refractivity (Wildman–Crippen MR) is 107 cm³/mol. The number of hydrogen-bond acceptors (Lipinski definition) is 4. The number of carbonyl (C=O) groups is 1. The molecule has 0 amide bonds. The average Bonchev–Trinajstić information content (AvgIpc) is 3.22. The summed E-state index contributed by atoms with van der Waals surface area (Å²) >= 11 is 0. The summed E-state index contributed by atoms with van der Waals surface area (Å²) in [4.78, 5) is 11.2. The summed E-state index contributed by atoms with van der Waals surface area (Å²) in [5.41, 5.74) is 0.631. The lowest BCUT2D eigenvalue weighted by Gasteiger charge is -2.36. The fourth-order valence-electron chi connectivity index (χ4n) is 4.16. The third-order valence-electron chi connectivity index (χ3n) is 5.84. The molecule has 27 heavy (non-hydrogen) atoms. The summed E-state index contributed by atoms with van der Waals surface area (Å²) in [7, 11) is 1.64. The van der Waals surface area contributed by atoms with Crippen molar-refractivity contribution in [3.8, 4) is 11.5 Å². The Morgan fingerprint density at radius 3 is 2.30 bits per heavy atom. The second kappa shape index (κ2) is 9.77. The maximum atomic E-state index is 11.2. The van der Waals surface area contributed by atoms with E-state index in [-0.39, 0.29) is 12.0 Å². The maximum Gasteiger partial charge on any atom is 0.306 e. The fraction of sp³-hybridized carbons (Fsp3) is 0.636. The Morgan fingerprint density at radius 1 is 1.15 bits per heavy atom. The molecule has 5 heteroatoms. The van der Waals surface area contributed by atoms with Crippen LogP contribution in [0.3, 0.4) is 0 Å². The minimum absolute atomic E-state index is 0.239. The zero-order valence-corrected chi connectivity index (χ0v) is 16.8. The van der Waals surface area contributed by atoms with Gasteiger partial charge in [0.2, 0.25) is 0 Å². The van der Waals surface area contributed by atoms with Crippen LogP contribution in [0.25, 0.3) is 0 Å². The molecule has 0 unspecified atom stereocenters. The molecule has 1 aromatic carbocycles. The van der Waals surface area contributed by atoms with Crippen molar-refractivity contribution in [2.45, 2.75) is 76.7 Å². The van der Waals surface area contributed by atoms with Crippen LogP contribution in [-0.2, 0) is 10.2 Å². The van der Waals surface area contributed by atoms with Crippen molar-refractivity contribution >= 4 is 12.2 Å². The van der Waals surface area contributed by atoms with Crippen LogP contribution in [0, 0.1) is 11.3 Å². The van der Waals surface area contributed by atoms with Crippen LogP contribution >= 0.6 is 0 Å². The smallest absolute Gasteiger partial charge is 0.306 e. The Morgan fingerprint density at radius 2 is 1.78 bits per heavy atom. The van der Waals surface area contributed by atoms with Gasteiger partial charge in [-0.2, -0.15) is 0 Å². The monoisotopic (exact) mass is 375 g/mol. The first kappa shape index (κ1) is 21.3. The molecule has 2 fully saturated rings. The SMILES string of the molecule is CC.COc1ccc(C2(C=N)CCC(C(=O)O)CC2)cc1OC1CCCC1. The molecule has 2 saturated carbocycles. The van der Waals surface area contributed by atoms with Gasteiger partial charge in [-0.1, -0.05) is 19.9 Å². The van der Waals surface area contributed by atoms with E-state index in [2.05, 4.69) is 0 Å². The number of hydrogen-bond donors (Lipinski definition) is 2. The number of carboxylic acid groups (broad SMARTS) is 1. The summed E-state index contributed by atoms with van der Waals surface area (Å²) in [6.07, 6.45) is 8.86. The number of aliphatic carboxylic acids is 1. The predicted octanol–water partition coefficient (Wildman–Crippen LogP) is 5.20. The first-order valence-electron chi connectivity index (χ1n) is 10.2. The van der Waals surface area contributed by atoms with Crippen LogP contribution in [-0.4, -0.2) is 30.5 Å². The van der Waals surface area contributed by atoms with Gasteiger partial charge in [0.15, 0.2) is 11.5 Å². The lowest BCUT2D eigenvalue weighted by atomic mass is 9.67. The molecular weight excluding hydrogens is 342 g/mol. The molecule has 1 aromatic rings.